The molecule has 1 N–H and O–H groups in total. The van der Waals surface area contributed by atoms with Gasteiger partial charge in [0, 0.05) is 11.6 Å². The van der Waals surface area contributed by atoms with E-state index in [1.165, 1.54) is 0 Å². The number of benzene rings is 2. The van der Waals surface area contributed by atoms with E-state index in [2.05, 4.69) is 0 Å². The minimum absolute atomic E-state index is 0.0166. The topological polar surface area (TPSA) is 76.1 Å². The van der Waals surface area contributed by atoms with Crippen molar-refractivity contribution in [2.75, 3.05) is 14.2 Å². The number of likely N-dealkylation sites (tertiary alicyclic amines) is 1. The number of hydrogen-bond acceptors (Lipinski definition) is 5. The van der Waals surface area contributed by atoms with Gasteiger partial charge in [-0.15, -0.1) is 0 Å². The van der Waals surface area contributed by atoms with Crippen LogP contribution < -0.4 is 9.47 Å². The number of nitrogens with zero attached hydrogens (tertiary/aromatic N) is 1. The Morgan fingerprint density at radius 2 is 1.68 bits per heavy atom. The molecule has 2 aromatic rings. The van der Waals surface area contributed by atoms with Crippen LogP contribution >= 0.6 is 0 Å². The summed E-state index contributed by atoms with van der Waals surface area (Å²) in [5, 5.41) is 11.6. The van der Waals surface area contributed by atoms with Crippen molar-refractivity contribution in [3.63, 3.8) is 0 Å². The van der Waals surface area contributed by atoms with Crippen LogP contribution in [0.1, 0.15) is 73.7 Å². The zero-order valence-corrected chi connectivity index (χ0v) is 20.6. The molecule has 180 valence electrons. The number of ether oxygens (including phenoxy) is 2. The number of rotatable bonds is 6. The van der Waals surface area contributed by atoms with Gasteiger partial charge < -0.3 is 19.5 Å². The smallest absolute Gasteiger partial charge is 0.295 e. The molecular weight excluding hydrogens is 430 g/mol. The second kappa shape index (κ2) is 9.53. The average molecular weight is 464 g/mol. The number of aryl methyl sites for hydroxylation is 1. The maximum atomic E-state index is 13.4. The highest BCUT2D eigenvalue weighted by atomic mass is 16.5. The lowest BCUT2D eigenvalue weighted by molar-refractivity contribution is -0.141. The van der Waals surface area contributed by atoms with Crippen LogP contribution in [-0.2, 0) is 9.59 Å². The van der Waals surface area contributed by atoms with Crippen LogP contribution in [0.25, 0.3) is 5.76 Å². The highest BCUT2D eigenvalue weighted by Gasteiger charge is 2.49. The molecule has 1 heterocycles. The molecule has 1 saturated carbocycles. The molecule has 1 aliphatic heterocycles. The van der Waals surface area contributed by atoms with Gasteiger partial charge in [0.05, 0.1) is 25.8 Å². The van der Waals surface area contributed by atoms with Gasteiger partial charge in [0.1, 0.15) is 17.3 Å². The van der Waals surface area contributed by atoms with Gasteiger partial charge in [0.25, 0.3) is 11.7 Å². The molecule has 0 spiro atoms. The molecule has 34 heavy (non-hydrogen) atoms. The lowest BCUT2D eigenvalue weighted by Gasteiger charge is -2.31. The number of Topliss-reactive ketones (excluding diaryl/α,β-unsaturated/α-hetero) is 1. The van der Waals surface area contributed by atoms with Crippen molar-refractivity contribution in [1.29, 1.82) is 0 Å². The predicted octanol–water partition coefficient (Wildman–Crippen LogP) is 5.50. The Balaban J connectivity index is 1.92. The van der Waals surface area contributed by atoms with Crippen molar-refractivity contribution in [2.24, 2.45) is 0 Å². The van der Waals surface area contributed by atoms with Crippen molar-refractivity contribution in [1.82, 2.24) is 4.90 Å². The third-order valence-corrected chi connectivity index (χ3v) is 7.08. The Bertz CT molecular complexity index is 1130. The van der Waals surface area contributed by atoms with E-state index in [0.29, 0.717) is 11.3 Å². The maximum absolute atomic E-state index is 13.4. The summed E-state index contributed by atoms with van der Waals surface area (Å²) in [5.74, 6) is 0.273. The molecule has 1 aliphatic carbocycles. The number of aliphatic hydroxyl groups is 1. The molecule has 1 atom stereocenters. The van der Waals surface area contributed by atoms with Crippen LogP contribution in [0.4, 0.5) is 0 Å². The fourth-order valence-electron chi connectivity index (χ4n) is 5.25. The van der Waals surface area contributed by atoms with Crippen molar-refractivity contribution < 1.29 is 24.2 Å². The number of ketones is 1. The molecule has 1 amide bonds. The van der Waals surface area contributed by atoms with Gasteiger partial charge in [0.15, 0.2) is 0 Å². The lowest BCUT2D eigenvalue weighted by atomic mass is 9.90. The summed E-state index contributed by atoms with van der Waals surface area (Å²) in [6, 6.07) is 10.5. The quantitative estimate of drug-likeness (QED) is 0.348. The van der Waals surface area contributed by atoms with E-state index >= 15 is 0 Å². The number of aliphatic hydroxyl groups excluding tert-OH is 1. The SMILES string of the molecule is COc1ccc(C2/C(=C(\O)c3cc(C(C)C)c(OC)cc3C)C(=O)C(=O)N2C2CCCC2)cc1. The van der Waals surface area contributed by atoms with Gasteiger partial charge >= 0.3 is 0 Å². The maximum Gasteiger partial charge on any atom is 0.295 e. The predicted molar refractivity (Wildman–Crippen MR) is 131 cm³/mol. The van der Waals surface area contributed by atoms with E-state index in [1.54, 1.807) is 19.1 Å². The van der Waals surface area contributed by atoms with E-state index in [9.17, 15) is 14.7 Å². The first-order chi connectivity index (χ1) is 16.3. The second-order valence-electron chi connectivity index (χ2n) is 9.48. The summed E-state index contributed by atoms with van der Waals surface area (Å²) in [6.07, 6.45) is 3.77. The molecule has 6 nitrogen and oxygen atoms in total. The molecule has 0 aromatic heterocycles. The lowest BCUT2D eigenvalue weighted by Crippen LogP contribution is -2.37. The third-order valence-electron chi connectivity index (χ3n) is 7.08. The van der Waals surface area contributed by atoms with Crippen LogP contribution in [-0.4, -0.2) is 42.0 Å². The number of amides is 1. The van der Waals surface area contributed by atoms with E-state index in [0.717, 1.165) is 48.1 Å². The summed E-state index contributed by atoms with van der Waals surface area (Å²) >= 11 is 0. The van der Waals surface area contributed by atoms with E-state index in [1.807, 2.05) is 57.2 Å². The van der Waals surface area contributed by atoms with Gasteiger partial charge in [-0.1, -0.05) is 38.8 Å². The summed E-state index contributed by atoms with van der Waals surface area (Å²) < 4.78 is 10.8. The van der Waals surface area contributed by atoms with Crippen LogP contribution in [0.5, 0.6) is 11.5 Å². The minimum Gasteiger partial charge on any atom is -0.507 e. The highest BCUT2D eigenvalue weighted by Crippen LogP contribution is 2.44. The van der Waals surface area contributed by atoms with Gasteiger partial charge in [-0.05, 0) is 66.6 Å². The molecule has 4 rings (SSSR count). The zero-order valence-electron chi connectivity index (χ0n) is 20.6. The Morgan fingerprint density at radius 1 is 1.03 bits per heavy atom. The summed E-state index contributed by atoms with van der Waals surface area (Å²) in [5.41, 5.74) is 3.18. The zero-order chi connectivity index (χ0) is 24.6. The largest absolute Gasteiger partial charge is 0.507 e. The van der Waals surface area contributed by atoms with Crippen LogP contribution in [0.15, 0.2) is 42.0 Å². The van der Waals surface area contributed by atoms with Crippen LogP contribution in [0.3, 0.4) is 0 Å². The van der Waals surface area contributed by atoms with Crippen molar-refractivity contribution in [2.45, 2.75) is 64.5 Å². The number of methoxy groups -OCH3 is 2. The van der Waals surface area contributed by atoms with Gasteiger partial charge in [-0.2, -0.15) is 0 Å². The Labute approximate surface area is 201 Å². The molecule has 2 aromatic carbocycles. The third kappa shape index (κ3) is 4.06. The first-order valence-electron chi connectivity index (χ1n) is 11.9. The number of carbonyl (C=O) groups is 2. The first-order valence-corrected chi connectivity index (χ1v) is 11.9. The van der Waals surface area contributed by atoms with Gasteiger partial charge in [-0.25, -0.2) is 0 Å². The normalized spacial score (nSPS) is 20.4. The molecule has 1 unspecified atom stereocenters. The Kier molecular flexibility index (Phi) is 6.69. The molecule has 6 heteroatoms. The van der Waals surface area contributed by atoms with Crippen molar-refractivity contribution in [3.05, 3.63) is 64.2 Å². The number of hydrogen-bond donors (Lipinski definition) is 1. The standard InChI is InChI=1S/C28H33NO5/c1-16(2)21-15-22(17(3)14-23(21)34-5)26(30)24-25(18-10-12-20(33-4)13-11-18)29(28(32)27(24)31)19-8-6-7-9-19/h10-16,19,25,30H,6-9H2,1-5H3/b26-24+. The second-order valence-corrected chi connectivity index (χ2v) is 9.48. The molecule has 2 aliphatic rings. The fraction of sp³-hybridized carbons (Fsp3) is 0.429. The first kappa shape index (κ1) is 23.9. The van der Waals surface area contributed by atoms with Crippen LogP contribution in [0, 0.1) is 6.92 Å². The molecule has 0 radical (unpaired) electrons. The average Bonchev–Trinajstić information content (AvgIpc) is 3.45. The van der Waals surface area contributed by atoms with Crippen molar-refractivity contribution in [3.8, 4) is 11.5 Å². The monoisotopic (exact) mass is 463 g/mol. The molecule has 2 fully saturated rings. The fourth-order valence-corrected chi connectivity index (χ4v) is 5.25. The van der Waals surface area contributed by atoms with Crippen LogP contribution in [0.2, 0.25) is 0 Å². The molecule has 0 bridgehead atoms. The Hall–Kier alpha value is -3.28. The number of carbonyl (C=O) groups excluding carboxylic acids is 2. The minimum atomic E-state index is -0.641. The van der Waals surface area contributed by atoms with Gasteiger partial charge in [0.2, 0.25) is 0 Å². The summed E-state index contributed by atoms with van der Waals surface area (Å²) in [4.78, 5) is 28.4. The highest BCUT2D eigenvalue weighted by molar-refractivity contribution is 6.46. The van der Waals surface area contributed by atoms with E-state index in [-0.39, 0.29) is 23.3 Å². The van der Waals surface area contributed by atoms with Crippen molar-refractivity contribution >= 4 is 17.4 Å². The molecule has 1 saturated heterocycles. The van der Waals surface area contributed by atoms with Gasteiger partial charge in [-0.3, -0.25) is 9.59 Å². The van der Waals surface area contributed by atoms with E-state index < -0.39 is 17.7 Å². The summed E-state index contributed by atoms with van der Waals surface area (Å²) in [6.45, 7) is 5.97. The Morgan fingerprint density at radius 3 is 2.24 bits per heavy atom. The van der Waals surface area contributed by atoms with E-state index in [4.69, 9.17) is 9.47 Å². The summed E-state index contributed by atoms with van der Waals surface area (Å²) in [7, 11) is 3.22. The molecular formula is C28H33NO5.